The summed E-state index contributed by atoms with van der Waals surface area (Å²) in [5.41, 5.74) is 9.18. The minimum absolute atomic E-state index is 0.0534. The van der Waals surface area contributed by atoms with Gasteiger partial charge in [0.25, 0.3) is 0 Å². The largest absolute Gasteiger partial charge is 0.460 e. The fourth-order valence-corrected chi connectivity index (χ4v) is 6.22. The highest BCUT2D eigenvalue weighted by Crippen LogP contribution is 2.40. The van der Waals surface area contributed by atoms with Gasteiger partial charge in [0.05, 0.1) is 17.8 Å². The first-order valence-corrected chi connectivity index (χ1v) is 16.9. The molecule has 0 heterocycles. The summed E-state index contributed by atoms with van der Waals surface area (Å²) in [6.07, 6.45) is 5.19. The van der Waals surface area contributed by atoms with Crippen LogP contribution in [-0.2, 0) is 14.0 Å². The Morgan fingerprint density at radius 2 is 1.64 bits per heavy atom. The third-order valence-electron chi connectivity index (χ3n) is 7.74. The van der Waals surface area contributed by atoms with Crippen molar-refractivity contribution < 1.29 is 14.0 Å². The van der Waals surface area contributed by atoms with Crippen molar-refractivity contribution in [2.24, 2.45) is 5.92 Å². The molecule has 1 unspecified atom stereocenters. The number of esters is 1. The number of benzene rings is 1. The van der Waals surface area contributed by atoms with Crippen molar-refractivity contribution in [3.63, 3.8) is 0 Å². The quantitative estimate of drug-likeness (QED) is 0.204. The van der Waals surface area contributed by atoms with Gasteiger partial charge in [-0.1, -0.05) is 47.6 Å². The normalized spacial score (nSPS) is 20.3. The smallest absolute Gasteiger partial charge is 0.306 e. The summed E-state index contributed by atoms with van der Waals surface area (Å²) < 4.78 is 12.3. The van der Waals surface area contributed by atoms with E-state index in [1.807, 2.05) is 20.8 Å². The number of hydrogen-bond acceptors (Lipinski definition) is 5. The fourth-order valence-electron chi connectivity index (χ4n) is 4.80. The monoisotopic (exact) mass is 518 g/mol. The van der Waals surface area contributed by atoms with Crippen molar-refractivity contribution in [2.45, 2.75) is 136 Å². The minimum atomic E-state index is -1.75. The molecule has 0 bridgehead atoms. The van der Waals surface area contributed by atoms with E-state index in [0.29, 0.717) is 24.5 Å². The number of nitrogens with two attached hydrogens (primary N) is 1. The van der Waals surface area contributed by atoms with Crippen molar-refractivity contribution >= 4 is 25.7 Å². The molecule has 1 aromatic carbocycles. The number of ether oxygens (including phenoxy) is 1. The van der Waals surface area contributed by atoms with Crippen LogP contribution in [0.1, 0.15) is 106 Å². The van der Waals surface area contributed by atoms with E-state index in [2.05, 4.69) is 77.7 Å². The van der Waals surface area contributed by atoms with Crippen molar-refractivity contribution in [3.05, 3.63) is 23.8 Å². The van der Waals surface area contributed by atoms with E-state index >= 15 is 0 Å². The summed E-state index contributed by atoms with van der Waals surface area (Å²) >= 11 is 0. The summed E-state index contributed by atoms with van der Waals surface area (Å²) in [4.78, 5) is 14.9. The first-order chi connectivity index (χ1) is 16.4. The molecule has 1 aliphatic rings. The van der Waals surface area contributed by atoms with E-state index in [0.717, 1.165) is 49.2 Å². The third-order valence-corrected chi connectivity index (χ3v) is 12.3. The Labute approximate surface area is 222 Å². The summed E-state index contributed by atoms with van der Waals surface area (Å²) in [6, 6.07) is 6.83. The van der Waals surface area contributed by atoms with Gasteiger partial charge in [0.2, 0.25) is 0 Å². The van der Waals surface area contributed by atoms with Gasteiger partial charge in [-0.25, -0.2) is 0 Å². The summed E-state index contributed by atoms with van der Waals surface area (Å²) in [5, 5.41) is 0.240. The Morgan fingerprint density at radius 1 is 1.06 bits per heavy atom. The lowest BCUT2D eigenvalue weighted by atomic mass is 9.90. The maximum absolute atomic E-state index is 12.3. The van der Waals surface area contributed by atoms with Gasteiger partial charge in [0, 0.05) is 18.7 Å². The molecule has 1 aromatic rings. The summed E-state index contributed by atoms with van der Waals surface area (Å²) in [7, 11) is -1.75. The first kappa shape index (κ1) is 30.7. The molecule has 0 aromatic heterocycles. The molecule has 0 saturated heterocycles. The van der Waals surface area contributed by atoms with Gasteiger partial charge in [-0.3, -0.25) is 4.79 Å². The van der Waals surface area contributed by atoms with Crippen LogP contribution in [-0.4, -0.2) is 38.6 Å². The van der Waals surface area contributed by atoms with Gasteiger partial charge < -0.3 is 19.8 Å². The van der Waals surface area contributed by atoms with Gasteiger partial charge in [0.1, 0.15) is 5.60 Å². The molecule has 2 N–H and O–H groups in total. The highest BCUT2D eigenvalue weighted by molar-refractivity contribution is 6.74. The minimum Gasteiger partial charge on any atom is -0.460 e. The molecular formula is C30H54N2O3Si. The van der Waals surface area contributed by atoms with Crippen LogP contribution < -0.4 is 10.6 Å². The zero-order valence-corrected chi connectivity index (χ0v) is 26.0. The number of anilines is 2. The highest BCUT2D eigenvalue weighted by Gasteiger charge is 2.40. The first-order valence-electron chi connectivity index (χ1n) is 14.0. The number of nitrogen functional groups attached to an aromatic ring is 1. The average molecular weight is 519 g/mol. The molecule has 2 rings (SSSR count). The molecule has 36 heavy (non-hydrogen) atoms. The lowest BCUT2D eigenvalue weighted by molar-refractivity contribution is -0.155. The number of carbonyl (C=O) groups excluding carboxylic acids is 1. The van der Waals surface area contributed by atoms with E-state index in [9.17, 15) is 4.79 Å². The molecule has 1 atom stereocenters. The van der Waals surface area contributed by atoms with E-state index in [1.54, 1.807) is 0 Å². The van der Waals surface area contributed by atoms with Crippen LogP contribution in [0.3, 0.4) is 0 Å². The molecule has 5 nitrogen and oxygen atoms in total. The lowest BCUT2D eigenvalue weighted by Gasteiger charge is -2.44. The maximum atomic E-state index is 12.3. The predicted octanol–water partition coefficient (Wildman–Crippen LogP) is 7.90. The summed E-state index contributed by atoms with van der Waals surface area (Å²) in [6.45, 7) is 25.0. The Kier molecular flexibility index (Phi) is 10.1. The second-order valence-electron chi connectivity index (χ2n) is 13.9. The fraction of sp³-hybridized carbons (Fsp3) is 0.767. The molecule has 0 aliphatic heterocycles. The highest BCUT2D eigenvalue weighted by atomic mass is 28.4. The topological polar surface area (TPSA) is 64.8 Å². The number of carbonyl (C=O) groups is 1. The summed E-state index contributed by atoms with van der Waals surface area (Å²) in [5.74, 6) is 0.421. The molecule has 0 radical (unpaired) electrons. The van der Waals surface area contributed by atoms with Crippen LogP contribution in [0.15, 0.2) is 18.2 Å². The van der Waals surface area contributed by atoms with Crippen molar-refractivity contribution in [1.29, 1.82) is 0 Å². The number of hydrogen-bond donors (Lipinski definition) is 1. The van der Waals surface area contributed by atoms with Gasteiger partial charge in [-0.15, -0.1) is 0 Å². The Hall–Kier alpha value is -1.53. The Bertz CT molecular complexity index is 862. The van der Waals surface area contributed by atoms with Crippen LogP contribution in [0.2, 0.25) is 18.1 Å². The maximum Gasteiger partial charge on any atom is 0.306 e. The van der Waals surface area contributed by atoms with Gasteiger partial charge >= 0.3 is 5.97 Å². The predicted molar refractivity (Wildman–Crippen MR) is 156 cm³/mol. The molecule has 1 aliphatic carbocycles. The Balaban J connectivity index is 2.12. The molecule has 6 heteroatoms. The van der Waals surface area contributed by atoms with E-state index in [-0.39, 0.29) is 16.9 Å². The van der Waals surface area contributed by atoms with Gasteiger partial charge in [-0.05, 0) is 94.1 Å². The van der Waals surface area contributed by atoms with Gasteiger partial charge in [-0.2, -0.15) is 0 Å². The van der Waals surface area contributed by atoms with Crippen LogP contribution in [0.4, 0.5) is 11.4 Å². The zero-order valence-electron chi connectivity index (χ0n) is 25.0. The molecule has 0 spiro atoms. The molecule has 206 valence electrons. The molecule has 1 saturated carbocycles. The van der Waals surface area contributed by atoms with E-state index in [4.69, 9.17) is 14.9 Å². The van der Waals surface area contributed by atoms with E-state index in [1.165, 1.54) is 0 Å². The third kappa shape index (κ3) is 8.79. The zero-order chi connectivity index (χ0) is 27.5. The van der Waals surface area contributed by atoms with Crippen molar-refractivity contribution in [2.75, 3.05) is 17.2 Å². The van der Waals surface area contributed by atoms with Gasteiger partial charge in [0.15, 0.2) is 8.32 Å². The average Bonchev–Trinajstić information content (AvgIpc) is 2.70. The standard InChI is InChI=1S/C30H54N2O3Si/c1-21(2)20-32(24-13-15-25(16-14-24)35-36(10,11)30(7,8)9)27-17-12-23(19-26(27)31)22(3)18-28(33)34-29(4,5)6/h12,17,19,21-22,24-25H,13-16,18,20,31H2,1-11H3/t22?,24-,25-. The second kappa shape index (κ2) is 11.9. The molecule has 1 fully saturated rings. The van der Waals surface area contributed by atoms with Crippen molar-refractivity contribution in [1.82, 2.24) is 0 Å². The lowest BCUT2D eigenvalue weighted by Crippen LogP contribution is -2.47. The van der Waals surface area contributed by atoms with Crippen molar-refractivity contribution in [3.8, 4) is 0 Å². The SMILES string of the molecule is CC(C)CN(c1ccc(C(C)CC(=O)OC(C)(C)C)cc1N)[C@H]1CC[C@H](O[Si](C)(C)C(C)(C)C)CC1. The van der Waals surface area contributed by atoms with Crippen LogP contribution in [0, 0.1) is 5.92 Å². The van der Waals surface area contributed by atoms with E-state index < -0.39 is 13.9 Å². The van der Waals surface area contributed by atoms with Crippen LogP contribution in [0.5, 0.6) is 0 Å². The number of nitrogens with zero attached hydrogens (tertiary/aromatic N) is 1. The number of rotatable bonds is 9. The van der Waals surface area contributed by atoms with Crippen LogP contribution in [0.25, 0.3) is 0 Å². The van der Waals surface area contributed by atoms with Crippen LogP contribution >= 0.6 is 0 Å². The molecule has 0 amide bonds. The molecular weight excluding hydrogens is 464 g/mol. The second-order valence-corrected chi connectivity index (χ2v) is 18.6. The Morgan fingerprint density at radius 3 is 2.11 bits per heavy atom.